The highest BCUT2D eigenvalue weighted by molar-refractivity contribution is 5.66. The Hall–Kier alpha value is -1.85. The lowest BCUT2D eigenvalue weighted by atomic mass is 10.2. The summed E-state index contributed by atoms with van der Waals surface area (Å²) in [5.41, 5.74) is 0.483. The van der Waals surface area contributed by atoms with E-state index in [0.29, 0.717) is 25.3 Å². The Bertz CT molecular complexity index is 427. The van der Waals surface area contributed by atoms with Crippen LogP contribution in [0.1, 0.15) is 6.92 Å². The molecule has 0 aliphatic carbocycles. The van der Waals surface area contributed by atoms with Gasteiger partial charge in [0.25, 0.3) is 0 Å². The lowest BCUT2D eigenvalue weighted by Gasteiger charge is -2.39. The summed E-state index contributed by atoms with van der Waals surface area (Å²) in [4.78, 5) is 17.8. The van der Waals surface area contributed by atoms with Gasteiger partial charge in [0.05, 0.1) is 11.9 Å². The fourth-order valence-corrected chi connectivity index (χ4v) is 2.08. The van der Waals surface area contributed by atoms with E-state index in [9.17, 15) is 9.18 Å². The monoisotopic (exact) mass is 239 g/mol. The van der Waals surface area contributed by atoms with Gasteiger partial charge in [-0.2, -0.15) is 0 Å². The normalized spacial score (nSPS) is 20.5. The Morgan fingerprint density at radius 3 is 2.94 bits per heavy atom. The topological polar surface area (TPSA) is 56.7 Å². The summed E-state index contributed by atoms with van der Waals surface area (Å²) < 4.78 is 13.5. The minimum absolute atomic E-state index is 0.145. The highest BCUT2D eigenvalue weighted by Gasteiger charge is 2.28. The molecule has 0 spiro atoms. The molecule has 1 aromatic rings. The molecule has 1 amide bonds. The first-order valence-electron chi connectivity index (χ1n) is 5.43. The average Bonchev–Trinajstić information content (AvgIpc) is 2.29. The standard InChI is InChI=1S/C11H14FN3O2/c1-8-7-14(4-5-15(8)11(16)17)10-2-3-13-6-9(10)12/h2-3,6,8H,4-5,7H2,1H3,(H,16,17). The molecule has 1 saturated heterocycles. The number of pyridine rings is 1. The van der Waals surface area contributed by atoms with E-state index in [1.165, 1.54) is 17.3 Å². The molecule has 1 atom stereocenters. The molecule has 0 bridgehead atoms. The number of hydrogen-bond donors (Lipinski definition) is 1. The van der Waals surface area contributed by atoms with Crippen molar-refractivity contribution < 1.29 is 14.3 Å². The maximum absolute atomic E-state index is 13.5. The minimum Gasteiger partial charge on any atom is -0.465 e. The van der Waals surface area contributed by atoms with Crippen molar-refractivity contribution in [1.29, 1.82) is 0 Å². The molecule has 1 aromatic heterocycles. The van der Waals surface area contributed by atoms with Crippen molar-refractivity contribution in [3.05, 3.63) is 24.3 Å². The highest BCUT2D eigenvalue weighted by Crippen LogP contribution is 2.21. The summed E-state index contributed by atoms with van der Waals surface area (Å²) in [5, 5.41) is 8.94. The zero-order chi connectivity index (χ0) is 12.4. The van der Waals surface area contributed by atoms with Crippen LogP contribution in [0.15, 0.2) is 18.5 Å². The van der Waals surface area contributed by atoms with Gasteiger partial charge in [-0.15, -0.1) is 0 Å². The summed E-state index contributed by atoms with van der Waals surface area (Å²) in [6.45, 7) is 3.20. The molecular formula is C11H14FN3O2. The first-order valence-corrected chi connectivity index (χ1v) is 5.43. The van der Waals surface area contributed by atoms with E-state index in [2.05, 4.69) is 4.98 Å². The van der Waals surface area contributed by atoms with Crippen molar-refractivity contribution in [2.45, 2.75) is 13.0 Å². The van der Waals surface area contributed by atoms with Crippen molar-refractivity contribution in [1.82, 2.24) is 9.88 Å². The van der Waals surface area contributed by atoms with Gasteiger partial charge in [0.1, 0.15) is 0 Å². The molecule has 1 N–H and O–H groups in total. The number of hydrogen-bond acceptors (Lipinski definition) is 3. The van der Waals surface area contributed by atoms with Gasteiger partial charge in [0, 0.05) is 31.9 Å². The predicted molar refractivity (Wildman–Crippen MR) is 60.6 cm³/mol. The summed E-state index contributed by atoms with van der Waals surface area (Å²) in [7, 11) is 0. The molecular weight excluding hydrogens is 225 g/mol. The number of anilines is 1. The Balaban J connectivity index is 2.12. The van der Waals surface area contributed by atoms with E-state index in [0.717, 1.165) is 0 Å². The zero-order valence-corrected chi connectivity index (χ0v) is 9.51. The lowest BCUT2D eigenvalue weighted by molar-refractivity contribution is 0.122. The van der Waals surface area contributed by atoms with E-state index in [1.807, 2.05) is 11.8 Å². The van der Waals surface area contributed by atoms with Crippen LogP contribution in [0.3, 0.4) is 0 Å². The molecule has 0 saturated carbocycles. The van der Waals surface area contributed by atoms with Crippen LogP contribution < -0.4 is 4.90 Å². The smallest absolute Gasteiger partial charge is 0.407 e. The van der Waals surface area contributed by atoms with Crippen LogP contribution in [-0.2, 0) is 0 Å². The van der Waals surface area contributed by atoms with Crippen LogP contribution in [0.2, 0.25) is 0 Å². The molecule has 2 rings (SSSR count). The fourth-order valence-electron chi connectivity index (χ4n) is 2.08. The molecule has 1 unspecified atom stereocenters. The number of amides is 1. The molecule has 1 aliphatic rings. The number of aromatic nitrogens is 1. The second kappa shape index (κ2) is 4.57. The molecule has 6 heteroatoms. The zero-order valence-electron chi connectivity index (χ0n) is 9.51. The van der Waals surface area contributed by atoms with Gasteiger partial charge in [0.15, 0.2) is 5.82 Å². The van der Waals surface area contributed by atoms with Gasteiger partial charge < -0.3 is 14.9 Å². The molecule has 1 fully saturated rings. The first kappa shape index (κ1) is 11.6. The molecule has 5 nitrogen and oxygen atoms in total. The van der Waals surface area contributed by atoms with Crippen molar-refractivity contribution >= 4 is 11.8 Å². The third-order valence-corrected chi connectivity index (χ3v) is 2.96. The number of piperazine rings is 1. The summed E-state index contributed by atoms with van der Waals surface area (Å²) >= 11 is 0. The van der Waals surface area contributed by atoms with E-state index < -0.39 is 6.09 Å². The van der Waals surface area contributed by atoms with Crippen molar-refractivity contribution in [3.63, 3.8) is 0 Å². The second-order valence-corrected chi connectivity index (χ2v) is 4.10. The van der Waals surface area contributed by atoms with Crippen LogP contribution in [0.25, 0.3) is 0 Å². The summed E-state index contributed by atoms with van der Waals surface area (Å²) in [6, 6.07) is 1.46. The van der Waals surface area contributed by atoms with Crippen LogP contribution in [0, 0.1) is 5.82 Å². The van der Waals surface area contributed by atoms with E-state index in [-0.39, 0.29) is 11.9 Å². The summed E-state index contributed by atoms with van der Waals surface area (Å²) in [6.07, 6.45) is 1.78. The van der Waals surface area contributed by atoms with Crippen LogP contribution >= 0.6 is 0 Å². The van der Waals surface area contributed by atoms with Gasteiger partial charge >= 0.3 is 6.09 Å². The first-order chi connectivity index (χ1) is 8.09. The molecule has 1 aliphatic heterocycles. The van der Waals surface area contributed by atoms with Gasteiger partial charge in [0.2, 0.25) is 0 Å². The Labute approximate surface area is 98.5 Å². The molecule has 2 heterocycles. The number of carbonyl (C=O) groups is 1. The van der Waals surface area contributed by atoms with E-state index in [1.54, 1.807) is 6.07 Å². The van der Waals surface area contributed by atoms with Gasteiger partial charge in [-0.25, -0.2) is 9.18 Å². The minimum atomic E-state index is -0.924. The third kappa shape index (κ3) is 2.30. The van der Waals surface area contributed by atoms with Crippen LogP contribution in [0.4, 0.5) is 14.9 Å². The van der Waals surface area contributed by atoms with Gasteiger partial charge in [-0.3, -0.25) is 4.98 Å². The highest BCUT2D eigenvalue weighted by atomic mass is 19.1. The van der Waals surface area contributed by atoms with Crippen LogP contribution in [0.5, 0.6) is 0 Å². The molecule has 0 aromatic carbocycles. The van der Waals surface area contributed by atoms with Crippen molar-refractivity contribution in [2.24, 2.45) is 0 Å². The maximum atomic E-state index is 13.5. The number of halogens is 1. The molecule has 0 radical (unpaired) electrons. The Kier molecular flexibility index (Phi) is 3.12. The van der Waals surface area contributed by atoms with Crippen LogP contribution in [-0.4, -0.2) is 46.8 Å². The summed E-state index contributed by atoms with van der Waals surface area (Å²) in [5.74, 6) is -0.372. The fraction of sp³-hybridized carbons (Fsp3) is 0.455. The van der Waals surface area contributed by atoms with Gasteiger partial charge in [-0.1, -0.05) is 0 Å². The number of rotatable bonds is 1. The predicted octanol–water partition coefficient (Wildman–Crippen LogP) is 1.41. The largest absolute Gasteiger partial charge is 0.465 e. The number of nitrogens with zero attached hydrogens (tertiary/aromatic N) is 3. The number of carboxylic acid groups (broad SMARTS) is 1. The molecule has 92 valence electrons. The quantitative estimate of drug-likeness (QED) is 0.805. The molecule has 17 heavy (non-hydrogen) atoms. The van der Waals surface area contributed by atoms with E-state index >= 15 is 0 Å². The SMILES string of the molecule is CC1CN(c2ccncc2F)CCN1C(=O)O. The van der Waals surface area contributed by atoms with Crippen molar-refractivity contribution in [2.75, 3.05) is 24.5 Å². The lowest BCUT2D eigenvalue weighted by Crippen LogP contribution is -2.53. The third-order valence-electron chi connectivity index (χ3n) is 2.96. The Morgan fingerprint density at radius 1 is 1.59 bits per heavy atom. The Morgan fingerprint density at radius 2 is 2.35 bits per heavy atom. The van der Waals surface area contributed by atoms with Crippen molar-refractivity contribution in [3.8, 4) is 0 Å². The second-order valence-electron chi connectivity index (χ2n) is 4.10. The average molecular weight is 239 g/mol. The maximum Gasteiger partial charge on any atom is 0.407 e. The van der Waals surface area contributed by atoms with Gasteiger partial charge in [-0.05, 0) is 13.0 Å². The van der Waals surface area contributed by atoms with E-state index in [4.69, 9.17) is 5.11 Å².